The van der Waals surface area contributed by atoms with Gasteiger partial charge in [-0.1, -0.05) is 12.1 Å². The van der Waals surface area contributed by atoms with Crippen LogP contribution in [-0.2, 0) is 0 Å². The van der Waals surface area contributed by atoms with E-state index in [-0.39, 0.29) is 0 Å². The monoisotopic (exact) mass is 238 g/mol. The van der Waals surface area contributed by atoms with Gasteiger partial charge in [-0.15, -0.1) is 0 Å². The van der Waals surface area contributed by atoms with Crippen LogP contribution in [-0.4, -0.2) is 0 Å². The highest BCUT2D eigenvalue weighted by Gasteiger charge is 2.07. The lowest BCUT2D eigenvalue weighted by molar-refractivity contribution is 1.70. The van der Waals surface area contributed by atoms with Crippen molar-refractivity contribution in [1.82, 2.24) is 0 Å². The number of benzene rings is 3. The van der Waals surface area contributed by atoms with Crippen LogP contribution < -0.4 is 22.9 Å². The Labute approximate surface area is 104 Å². The van der Waals surface area contributed by atoms with Crippen molar-refractivity contribution in [3.63, 3.8) is 0 Å². The van der Waals surface area contributed by atoms with Gasteiger partial charge in [0.05, 0.1) is 22.7 Å². The van der Waals surface area contributed by atoms with E-state index < -0.39 is 0 Å². The van der Waals surface area contributed by atoms with Gasteiger partial charge in [0.2, 0.25) is 0 Å². The second-order valence-corrected chi connectivity index (χ2v) is 4.43. The molecule has 90 valence electrons. The zero-order chi connectivity index (χ0) is 12.9. The Balaban J connectivity index is 2.52. The van der Waals surface area contributed by atoms with Gasteiger partial charge in [0.25, 0.3) is 0 Å². The molecular weight excluding hydrogens is 224 g/mol. The Morgan fingerprint density at radius 2 is 1.00 bits per heavy atom. The first-order valence-electron chi connectivity index (χ1n) is 5.63. The Hall–Kier alpha value is -2.62. The fourth-order valence-electron chi connectivity index (χ4n) is 2.23. The van der Waals surface area contributed by atoms with Crippen molar-refractivity contribution in [2.45, 2.75) is 0 Å². The van der Waals surface area contributed by atoms with Crippen LogP contribution >= 0.6 is 0 Å². The van der Waals surface area contributed by atoms with E-state index in [0.29, 0.717) is 22.7 Å². The molecule has 0 aliphatic rings. The summed E-state index contributed by atoms with van der Waals surface area (Å²) in [6.07, 6.45) is 0. The molecule has 3 rings (SSSR count). The van der Waals surface area contributed by atoms with Crippen LogP contribution in [0.5, 0.6) is 0 Å². The zero-order valence-electron chi connectivity index (χ0n) is 9.77. The highest BCUT2D eigenvalue weighted by Crippen LogP contribution is 2.34. The van der Waals surface area contributed by atoms with E-state index in [1.165, 1.54) is 0 Å². The lowest BCUT2D eigenvalue weighted by atomic mass is 10.00. The number of nitrogens with two attached hydrogens (primary N) is 4. The summed E-state index contributed by atoms with van der Waals surface area (Å²) in [5.41, 5.74) is 25.9. The second kappa shape index (κ2) is 3.43. The quantitative estimate of drug-likeness (QED) is 0.356. The number of rotatable bonds is 0. The van der Waals surface area contributed by atoms with E-state index in [1.807, 2.05) is 36.4 Å². The maximum absolute atomic E-state index is 6.00. The average molecular weight is 238 g/mol. The molecule has 3 aromatic rings. The van der Waals surface area contributed by atoms with E-state index in [9.17, 15) is 0 Å². The van der Waals surface area contributed by atoms with Crippen LogP contribution in [0.3, 0.4) is 0 Å². The summed E-state index contributed by atoms with van der Waals surface area (Å²) in [6, 6.07) is 11.5. The summed E-state index contributed by atoms with van der Waals surface area (Å²) in [7, 11) is 0. The molecule has 4 nitrogen and oxygen atoms in total. The third-order valence-electron chi connectivity index (χ3n) is 3.31. The first kappa shape index (κ1) is 10.5. The van der Waals surface area contributed by atoms with Crippen molar-refractivity contribution in [2.24, 2.45) is 0 Å². The van der Waals surface area contributed by atoms with Gasteiger partial charge >= 0.3 is 0 Å². The van der Waals surface area contributed by atoms with Crippen LogP contribution in [0.25, 0.3) is 21.5 Å². The number of anilines is 4. The van der Waals surface area contributed by atoms with Gasteiger partial charge in [-0.05, 0) is 35.0 Å². The number of hydrogen-bond acceptors (Lipinski definition) is 4. The third-order valence-corrected chi connectivity index (χ3v) is 3.31. The Morgan fingerprint density at radius 1 is 0.556 bits per heavy atom. The number of hydrogen-bond donors (Lipinski definition) is 4. The molecule has 4 heteroatoms. The molecule has 0 aliphatic carbocycles. The fraction of sp³-hybridized carbons (Fsp3) is 0. The molecule has 8 N–H and O–H groups in total. The van der Waals surface area contributed by atoms with Crippen molar-refractivity contribution in [3.8, 4) is 0 Å². The minimum atomic E-state index is 0.573. The minimum absolute atomic E-state index is 0.573. The normalized spacial score (nSPS) is 11.1. The van der Waals surface area contributed by atoms with E-state index in [1.54, 1.807) is 0 Å². The maximum Gasteiger partial charge on any atom is 0.0627 e. The largest absolute Gasteiger partial charge is 0.397 e. The van der Waals surface area contributed by atoms with E-state index in [0.717, 1.165) is 21.5 Å². The summed E-state index contributed by atoms with van der Waals surface area (Å²) >= 11 is 0. The van der Waals surface area contributed by atoms with Gasteiger partial charge in [0, 0.05) is 10.8 Å². The van der Waals surface area contributed by atoms with Crippen LogP contribution in [0.2, 0.25) is 0 Å². The van der Waals surface area contributed by atoms with Gasteiger partial charge in [-0.2, -0.15) is 0 Å². The molecule has 0 saturated carbocycles. The van der Waals surface area contributed by atoms with Gasteiger partial charge < -0.3 is 22.9 Å². The Morgan fingerprint density at radius 3 is 1.44 bits per heavy atom. The molecule has 3 aromatic carbocycles. The van der Waals surface area contributed by atoms with Gasteiger partial charge in [-0.3, -0.25) is 0 Å². The third kappa shape index (κ3) is 1.32. The number of nitrogen functional groups attached to an aromatic ring is 4. The maximum atomic E-state index is 6.00. The predicted octanol–water partition coefficient (Wildman–Crippen LogP) is 2.32. The minimum Gasteiger partial charge on any atom is -0.397 e. The van der Waals surface area contributed by atoms with E-state index >= 15 is 0 Å². The van der Waals surface area contributed by atoms with Crippen molar-refractivity contribution in [3.05, 3.63) is 36.4 Å². The average Bonchev–Trinajstić information content (AvgIpc) is 2.37. The number of fused-ring (bicyclic) bond motifs is 2. The summed E-state index contributed by atoms with van der Waals surface area (Å²) in [6.45, 7) is 0. The lowest BCUT2D eigenvalue weighted by Crippen LogP contribution is -1.97. The molecule has 0 aromatic heterocycles. The smallest absolute Gasteiger partial charge is 0.0627 e. The first-order chi connectivity index (χ1) is 8.58. The van der Waals surface area contributed by atoms with Crippen LogP contribution in [0.15, 0.2) is 36.4 Å². The zero-order valence-corrected chi connectivity index (χ0v) is 9.77. The topological polar surface area (TPSA) is 104 Å². The summed E-state index contributed by atoms with van der Waals surface area (Å²) in [5, 5.41) is 3.89. The molecule has 0 fully saturated rings. The first-order valence-corrected chi connectivity index (χ1v) is 5.63. The standard InChI is InChI=1S/C14H14N4/c15-11-3-1-7-5-8-2-4-12(16)14(18)10(8)6-9(7)13(11)17/h1-6H,15-18H2. The van der Waals surface area contributed by atoms with Crippen molar-refractivity contribution in [2.75, 3.05) is 22.9 Å². The van der Waals surface area contributed by atoms with Crippen LogP contribution in [0.1, 0.15) is 0 Å². The summed E-state index contributed by atoms with van der Waals surface area (Å²) < 4.78 is 0. The van der Waals surface area contributed by atoms with Crippen molar-refractivity contribution < 1.29 is 0 Å². The Kier molecular flexibility index (Phi) is 2.01. The highest BCUT2D eigenvalue weighted by atomic mass is 14.7. The van der Waals surface area contributed by atoms with Crippen molar-refractivity contribution in [1.29, 1.82) is 0 Å². The molecule has 0 radical (unpaired) electrons. The molecular formula is C14H14N4. The predicted molar refractivity (Wildman–Crippen MR) is 79.1 cm³/mol. The van der Waals surface area contributed by atoms with Crippen LogP contribution in [0, 0.1) is 0 Å². The second-order valence-electron chi connectivity index (χ2n) is 4.43. The molecule has 0 unspecified atom stereocenters. The van der Waals surface area contributed by atoms with Crippen molar-refractivity contribution >= 4 is 44.3 Å². The molecule has 0 amide bonds. The lowest BCUT2D eigenvalue weighted by Gasteiger charge is -2.10. The molecule has 0 aliphatic heterocycles. The van der Waals surface area contributed by atoms with Crippen LogP contribution in [0.4, 0.5) is 22.7 Å². The molecule has 0 atom stereocenters. The molecule has 0 spiro atoms. The van der Waals surface area contributed by atoms with Gasteiger partial charge in [-0.25, -0.2) is 0 Å². The molecule has 0 saturated heterocycles. The SMILES string of the molecule is Nc1ccc2cc3ccc(N)c(N)c3cc2c1N. The van der Waals surface area contributed by atoms with E-state index in [2.05, 4.69) is 0 Å². The molecule has 0 bridgehead atoms. The summed E-state index contributed by atoms with van der Waals surface area (Å²) in [4.78, 5) is 0. The van der Waals surface area contributed by atoms with E-state index in [4.69, 9.17) is 22.9 Å². The molecule has 0 heterocycles. The van der Waals surface area contributed by atoms with Gasteiger partial charge in [0.1, 0.15) is 0 Å². The highest BCUT2D eigenvalue weighted by molar-refractivity contribution is 6.10. The molecule has 18 heavy (non-hydrogen) atoms. The Bertz CT molecular complexity index is 715. The van der Waals surface area contributed by atoms with Gasteiger partial charge in [0.15, 0.2) is 0 Å². The fourth-order valence-corrected chi connectivity index (χ4v) is 2.23. The summed E-state index contributed by atoms with van der Waals surface area (Å²) in [5.74, 6) is 0.